The lowest BCUT2D eigenvalue weighted by molar-refractivity contribution is 0.0796. The van der Waals surface area contributed by atoms with Crippen LogP contribution < -0.4 is 25.5 Å². The summed E-state index contributed by atoms with van der Waals surface area (Å²) in [4.78, 5) is 52.0. The van der Waals surface area contributed by atoms with Gasteiger partial charge in [0.2, 0.25) is 18.4 Å². The normalized spacial score (nSPS) is 12.1. The molecule has 11 heteroatoms. The van der Waals surface area contributed by atoms with E-state index in [-0.39, 0.29) is 12.7 Å². The van der Waals surface area contributed by atoms with Gasteiger partial charge in [0.1, 0.15) is 5.56 Å². The minimum atomic E-state index is -0.917. The number of amides is 1. The van der Waals surface area contributed by atoms with Gasteiger partial charge in [-0.15, -0.1) is 0 Å². The zero-order valence-electron chi connectivity index (χ0n) is 21.4. The van der Waals surface area contributed by atoms with Gasteiger partial charge in [0.15, 0.2) is 17.3 Å². The number of fused-ring (bicyclic) bond motifs is 1. The lowest BCUT2D eigenvalue weighted by Gasteiger charge is -2.19. The van der Waals surface area contributed by atoms with Gasteiger partial charge in [-0.3, -0.25) is 23.5 Å². The number of ketones is 1. The fourth-order valence-electron chi connectivity index (χ4n) is 4.15. The first kappa shape index (κ1) is 26.3. The average molecular weight is 522 g/mol. The van der Waals surface area contributed by atoms with Gasteiger partial charge in [-0.2, -0.15) is 0 Å². The molecule has 0 unspecified atom stereocenters. The lowest BCUT2D eigenvalue weighted by Crippen LogP contribution is -2.39. The number of aromatic hydroxyl groups is 1. The van der Waals surface area contributed by atoms with Gasteiger partial charge in [-0.1, -0.05) is 18.2 Å². The molecule has 2 aromatic carbocycles. The van der Waals surface area contributed by atoms with Crippen LogP contribution in [0.4, 0.5) is 0 Å². The summed E-state index contributed by atoms with van der Waals surface area (Å²) in [6, 6.07) is 10.6. The highest BCUT2D eigenvalue weighted by Gasteiger charge is 2.26. The van der Waals surface area contributed by atoms with Crippen LogP contribution in [0, 0.1) is 0 Å². The number of methoxy groups -OCH3 is 1. The van der Waals surface area contributed by atoms with Crippen molar-refractivity contribution in [3.05, 3.63) is 85.6 Å². The van der Waals surface area contributed by atoms with E-state index in [2.05, 4.69) is 0 Å². The van der Waals surface area contributed by atoms with Gasteiger partial charge >= 0.3 is 5.69 Å². The molecule has 2 heterocycles. The molecule has 0 radical (unpaired) electrons. The monoisotopic (exact) mass is 521 g/mol. The third kappa shape index (κ3) is 4.77. The Morgan fingerprint density at radius 1 is 1.13 bits per heavy atom. The summed E-state index contributed by atoms with van der Waals surface area (Å²) in [5.74, 6) is -0.549. The number of ether oxygens (including phenoxy) is 3. The third-order valence-corrected chi connectivity index (χ3v) is 6.31. The second-order valence-electron chi connectivity index (χ2n) is 8.66. The van der Waals surface area contributed by atoms with Crippen molar-refractivity contribution in [2.45, 2.75) is 6.42 Å². The zero-order valence-corrected chi connectivity index (χ0v) is 21.4. The molecule has 0 saturated carbocycles. The van der Waals surface area contributed by atoms with Crippen LogP contribution in [0.15, 0.2) is 52.1 Å². The quantitative estimate of drug-likeness (QED) is 0.351. The first-order valence-corrected chi connectivity index (χ1v) is 11.7. The van der Waals surface area contributed by atoms with Crippen molar-refractivity contribution in [2.24, 2.45) is 14.1 Å². The molecule has 1 aliphatic rings. The Morgan fingerprint density at radius 2 is 1.84 bits per heavy atom. The SMILES string of the molecule is COc1c(C=CC(=O)c2c(O)n(C)c(=O)n(C)c2=O)c(CCN(C)C(=O)c2ccccc2)cc2c1OCO2. The van der Waals surface area contributed by atoms with E-state index in [0.29, 0.717) is 46.9 Å². The molecule has 0 aliphatic carbocycles. The van der Waals surface area contributed by atoms with E-state index in [1.54, 1.807) is 42.3 Å². The van der Waals surface area contributed by atoms with Crippen LogP contribution in [0.3, 0.4) is 0 Å². The smallest absolute Gasteiger partial charge is 0.333 e. The topological polar surface area (TPSA) is 129 Å². The van der Waals surface area contributed by atoms with E-state index >= 15 is 0 Å². The molecule has 1 aromatic heterocycles. The minimum absolute atomic E-state index is 0.00835. The van der Waals surface area contributed by atoms with E-state index in [1.165, 1.54) is 27.3 Å². The molecule has 198 valence electrons. The molecule has 0 spiro atoms. The number of rotatable bonds is 8. The summed E-state index contributed by atoms with van der Waals surface area (Å²) in [5, 5.41) is 10.3. The maximum Gasteiger partial charge on any atom is 0.333 e. The Morgan fingerprint density at radius 3 is 2.53 bits per heavy atom. The minimum Gasteiger partial charge on any atom is -0.494 e. The van der Waals surface area contributed by atoms with E-state index in [9.17, 15) is 24.3 Å². The molecule has 0 bridgehead atoms. The Hall–Kier alpha value is -4.80. The van der Waals surface area contributed by atoms with Gasteiger partial charge in [-0.05, 0) is 42.3 Å². The predicted octanol–water partition coefficient (Wildman–Crippen LogP) is 1.74. The highest BCUT2D eigenvalue weighted by molar-refractivity contribution is 6.08. The number of nitrogens with zero attached hydrogens (tertiary/aromatic N) is 3. The Labute approximate surface area is 217 Å². The standard InChI is InChI=1S/C27H27N3O8/c1-28(24(32)16-8-6-5-7-9-16)13-12-17-14-20-23(38-15-37-20)22(36-4)18(17)10-11-19(31)21-25(33)29(2)27(35)30(3)26(21)34/h5-11,14,33H,12-13,15H2,1-4H3. The molecule has 11 nitrogen and oxygen atoms in total. The van der Waals surface area contributed by atoms with Crippen molar-refractivity contribution in [1.82, 2.24) is 14.0 Å². The van der Waals surface area contributed by atoms with Crippen LogP contribution in [0.2, 0.25) is 0 Å². The van der Waals surface area contributed by atoms with Crippen molar-refractivity contribution in [3.8, 4) is 23.1 Å². The molecule has 1 amide bonds. The number of allylic oxidation sites excluding steroid dienone is 1. The van der Waals surface area contributed by atoms with Crippen LogP contribution in [-0.2, 0) is 20.5 Å². The summed E-state index contributed by atoms with van der Waals surface area (Å²) < 4.78 is 18.2. The summed E-state index contributed by atoms with van der Waals surface area (Å²) in [7, 11) is 5.61. The molecular weight excluding hydrogens is 494 g/mol. The second kappa shape index (κ2) is 10.7. The number of aromatic nitrogens is 2. The van der Waals surface area contributed by atoms with E-state index in [1.807, 2.05) is 6.07 Å². The molecule has 4 rings (SSSR count). The Bertz CT molecular complexity index is 1550. The number of carbonyl (C=O) groups excluding carboxylic acids is 2. The molecular formula is C27H27N3O8. The highest BCUT2D eigenvalue weighted by Crippen LogP contribution is 2.45. The van der Waals surface area contributed by atoms with Crippen molar-refractivity contribution < 1.29 is 28.9 Å². The van der Waals surface area contributed by atoms with Crippen molar-refractivity contribution in [3.63, 3.8) is 0 Å². The third-order valence-electron chi connectivity index (χ3n) is 6.31. The van der Waals surface area contributed by atoms with E-state index in [4.69, 9.17) is 14.2 Å². The summed E-state index contributed by atoms with van der Waals surface area (Å²) in [6.07, 6.45) is 2.94. The Kier molecular flexibility index (Phi) is 7.38. The first-order valence-electron chi connectivity index (χ1n) is 11.7. The predicted molar refractivity (Wildman–Crippen MR) is 138 cm³/mol. The van der Waals surface area contributed by atoms with Crippen LogP contribution in [0.25, 0.3) is 6.08 Å². The van der Waals surface area contributed by atoms with E-state index < -0.39 is 28.5 Å². The Balaban J connectivity index is 1.69. The number of likely N-dealkylation sites (N-methyl/N-ethyl adjacent to an activating group) is 1. The summed E-state index contributed by atoms with van der Waals surface area (Å²) in [5.41, 5.74) is -0.490. The van der Waals surface area contributed by atoms with Crippen molar-refractivity contribution in [2.75, 3.05) is 27.5 Å². The van der Waals surface area contributed by atoms with Crippen molar-refractivity contribution in [1.29, 1.82) is 0 Å². The number of benzene rings is 2. The molecule has 0 saturated heterocycles. The maximum absolute atomic E-state index is 13.0. The molecule has 1 aliphatic heterocycles. The molecule has 1 N–H and O–H groups in total. The van der Waals surface area contributed by atoms with E-state index in [0.717, 1.165) is 15.2 Å². The zero-order chi connectivity index (χ0) is 27.6. The largest absolute Gasteiger partial charge is 0.494 e. The number of hydrogen-bond acceptors (Lipinski definition) is 8. The molecule has 3 aromatic rings. The molecule has 0 atom stereocenters. The molecule has 38 heavy (non-hydrogen) atoms. The lowest BCUT2D eigenvalue weighted by atomic mass is 10.00. The maximum atomic E-state index is 13.0. The second-order valence-corrected chi connectivity index (χ2v) is 8.66. The molecule has 0 fully saturated rings. The van der Waals surface area contributed by atoms with Crippen LogP contribution in [0.1, 0.15) is 31.8 Å². The first-order chi connectivity index (χ1) is 18.1. The average Bonchev–Trinajstić information content (AvgIpc) is 3.40. The van der Waals surface area contributed by atoms with Crippen LogP contribution >= 0.6 is 0 Å². The van der Waals surface area contributed by atoms with Crippen LogP contribution in [0.5, 0.6) is 23.1 Å². The van der Waals surface area contributed by atoms with Gasteiger partial charge < -0.3 is 24.2 Å². The fraction of sp³-hybridized carbons (Fsp3) is 0.259. The highest BCUT2D eigenvalue weighted by atomic mass is 16.7. The van der Waals surface area contributed by atoms with Crippen LogP contribution in [-0.4, -0.2) is 58.3 Å². The van der Waals surface area contributed by atoms with Gasteiger partial charge in [-0.25, -0.2) is 4.79 Å². The van der Waals surface area contributed by atoms with Gasteiger partial charge in [0.25, 0.3) is 11.5 Å². The van der Waals surface area contributed by atoms with Gasteiger partial charge in [0, 0.05) is 38.8 Å². The van der Waals surface area contributed by atoms with Gasteiger partial charge in [0.05, 0.1) is 7.11 Å². The number of carbonyl (C=O) groups is 2. The fourth-order valence-corrected chi connectivity index (χ4v) is 4.15. The summed E-state index contributed by atoms with van der Waals surface area (Å²) in [6.45, 7) is 0.332. The summed E-state index contributed by atoms with van der Waals surface area (Å²) >= 11 is 0. The van der Waals surface area contributed by atoms with Crippen molar-refractivity contribution >= 4 is 17.8 Å². The number of hydrogen-bond donors (Lipinski definition) is 1.